The molecule has 6 nitrogen and oxygen atoms in total. The van der Waals surface area contributed by atoms with E-state index in [9.17, 15) is 9.59 Å². The number of hydrogen-bond acceptors (Lipinski definition) is 5. The summed E-state index contributed by atoms with van der Waals surface area (Å²) in [6.07, 6.45) is 3.49. The zero-order valence-electron chi connectivity index (χ0n) is 12.1. The first-order valence-electron chi connectivity index (χ1n) is 7.01. The molecule has 2 heterocycles. The summed E-state index contributed by atoms with van der Waals surface area (Å²) in [6, 6.07) is 7.15. The quantitative estimate of drug-likeness (QED) is 0.919. The molecule has 22 heavy (non-hydrogen) atoms. The molecule has 1 aromatic heterocycles. The topological polar surface area (TPSA) is 81.2 Å². The average Bonchev–Trinajstić information content (AvgIpc) is 2.67. The van der Waals surface area contributed by atoms with Crippen LogP contribution in [0.4, 0.5) is 5.82 Å². The number of aromatic nitrogens is 2. The van der Waals surface area contributed by atoms with Gasteiger partial charge in [0.1, 0.15) is 5.75 Å². The Kier molecular flexibility index (Phi) is 3.82. The Labute approximate surface area is 127 Å². The van der Waals surface area contributed by atoms with Crippen LogP contribution < -0.4 is 10.1 Å². The Hall–Kier alpha value is -2.76. The number of Topliss-reactive ketones (excluding diaryl/α,β-unsaturated/α-hetero) is 1. The lowest BCUT2D eigenvalue weighted by atomic mass is 9.92. The number of ether oxygens (including phenoxy) is 1. The van der Waals surface area contributed by atoms with E-state index in [0.717, 1.165) is 0 Å². The molecule has 1 aliphatic rings. The maximum Gasteiger partial charge on any atom is 0.222 e. The molecule has 1 aromatic carbocycles. The predicted molar refractivity (Wildman–Crippen MR) is 80.0 cm³/mol. The summed E-state index contributed by atoms with van der Waals surface area (Å²) in [4.78, 5) is 32.5. The summed E-state index contributed by atoms with van der Waals surface area (Å²) in [6.45, 7) is 1.80. The Morgan fingerprint density at radius 3 is 2.86 bits per heavy atom. The Morgan fingerprint density at radius 1 is 1.27 bits per heavy atom. The summed E-state index contributed by atoms with van der Waals surface area (Å²) >= 11 is 0. The normalized spacial score (nSPS) is 17.1. The first kappa shape index (κ1) is 14.2. The Balaban J connectivity index is 2.02. The first-order valence-corrected chi connectivity index (χ1v) is 7.01. The molecule has 1 unspecified atom stereocenters. The van der Waals surface area contributed by atoms with Crippen LogP contribution >= 0.6 is 0 Å². The molecule has 0 spiro atoms. The number of ketones is 1. The smallest absolute Gasteiger partial charge is 0.222 e. The number of carbonyl (C=O) groups excluding carboxylic acids is 2. The molecule has 0 fully saturated rings. The van der Waals surface area contributed by atoms with Crippen molar-refractivity contribution in [1.82, 2.24) is 9.97 Å². The van der Waals surface area contributed by atoms with Gasteiger partial charge >= 0.3 is 0 Å². The van der Waals surface area contributed by atoms with Gasteiger partial charge in [0, 0.05) is 19.3 Å². The van der Waals surface area contributed by atoms with Crippen LogP contribution in [0.5, 0.6) is 5.75 Å². The second kappa shape index (κ2) is 5.93. The van der Waals surface area contributed by atoms with E-state index in [1.54, 1.807) is 18.2 Å². The van der Waals surface area contributed by atoms with Gasteiger partial charge in [0.2, 0.25) is 5.91 Å². The molecule has 1 N–H and O–H groups in total. The number of fused-ring (bicyclic) bond motifs is 1. The predicted octanol–water partition coefficient (Wildman–Crippen LogP) is 2.18. The van der Waals surface area contributed by atoms with E-state index in [0.29, 0.717) is 35.9 Å². The summed E-state index contributed by atoms with van der Waals surface area (Å²) in [5.74, 6) is 0.103. The van der Waals surface area contributed by atoms with Crippen molar-refractivity contribution in [2.75, 3.05) is 11.9 Å². The van der Waals surface area contributed by atoms with Crippen LogP contribution in [-0.2, 0) is 4.79 Å². The second-order valence-corrected chi connectivity index (χ2v) is 5.02. The number of amides is 1. The van der Waals surface area contributed by atoms with E-state index >= 15 is 0 Å². The molecule has 1 amide bonds. The monoisotopic (exact) mass is 297 g/mol. The molecule has 0 saturated carbocycles. The van der Waals surface area contributed by atoms with Gasteiger partial charge in [-0.15, -0.1) is 0 Å². The van der Waals surface area contributed by atoms with Gasteiger partial charge in [0.05, 0.1) is 23.8 Å². The number of carbonyl (C=O) groups is 2. The number of anilines is 1. The van der Waals surface area contributed by atoms with Gasteiger partial charge in [-0.1, -0.05) is 12.1 Å². The van der Waals surface area contributed by atoms with Crippen LogP contribution in [0.25, 0.3) is 0 Å². The molecule has 3 rings (SSSR count). The van der Waals surface area contributed by atoms with Crippen molar-refractivity contribution >= 4 is 17.5 Å². The van der Waals surface area contributed by atoms with Gasteiger partial charge in [-0.2, -0.15) is 0 Å². The van der Waals surface area contributed by atoms with Crippen molar-refractivity contribution in [2.45, 2.75) is 19.3 Å². The minimum Gasteiger partial charge on any atom is -0.493 e. The minimum atomic E-state index is -0.487. The van der Waals surface area contributed by atoms with Crippen molar-refractivity contribution in [3.8, 4) is 5.75 Å². The number of hydrogen-bond donors (Lipinski definition) is 1. The van der Waals surface area contributed by atoms with Crippen molar-refractivity contribution in [3.05, 3.63) is 47.9 Å². The van der Waals surface area contributed by atoms with Crippen molar-refractivity contribution in [3.63, 3.8) is 0 Å². The molecular formula is C16H15N3O3. The highest BCUT2D eigenvalue weighted by Gasteiger charge is 2.31. The van der Waals surface area contributed by atoms with Crippen LogP contribution in [0.2, 0.25) is 0 Å². The maximum atomic E-state index is 12.8. The first-order chi connectivity index (χ1) is 10.7. The van der Waals surface area contributed by atoms with Crippen molar-refractivity contribution in [1.29, 1.82) is 0 Å². The third-order valence-corrected chi connectivity index (χ3v) is 3.48. The fraction of sp³-hybridized carbons (Fsp3) is 0.250. The van der Waals surface area contributed by atoms with E-state index in [1.807, 2.05) is 6.07 Å². The zero-order chi connectivity index (χ0) is 15.5. The SMILES string of the molecule is CC(=O)Nc1nccnc1C1CCOc2ccccc2C1=O. The zero-order valence-corrected chi connectivity index (χ0v) is 12.1. The third-order valence-electron chi connectivity index (χ3n) is 3.48. The van der Waals surface area contributed by atoms with E-state index in [-0.39, 0.29) is 11.7 Å². The van der Waals surface area contributed by atoms with E-state index in [1.165, 1.54) is 19.3 Å². The highest BCUT2D eigenvalue weighted by Crippen LogP contribution is 2.33. The lowest BCUT2D eigenvalue weighted by molar-refractivity contribution is -0.114. The second-order valence-electron chi connectivity index (χ2n) is 5.02. The Bertz CT molecular complexity index is 730. The minimum absolute atomic E-state index is 0.0693. The van der Waals surface area contributed by atoms with Crippen LogP contribution in [0, 0.1) is 0 Å². The molecule has 0 saturated heterocycles. The lowest BCUT2D eigenvalue weighted by Gasteiger charge is -2.15. The summed E-state index contributed by atoms with van der Waals surface area (Å²) < 4.78 is 5.64. The molecule has 1 aliphatic heterocycles. The van der Waals surface area contributed by atoms with E-state index in [2.05, 4.69) is 15.3 Å². The number of nitrogens with zero attached hydrogens (tertiary/aromatic N) is 2. The largest absolute Gasteiger partial charge is 0.493 e. The third kappa shape index (κ3) is 2.67. The van der Waals surface area contributed by atoms with Crippen LogP contribution in [-0.4, -0.2) is 28.3 Å². The summed E-state index contributed by atoms with van der Waals surface area (Å²) in [5, 5.41) is 2.63. The molecule has 0 bridgehead atoms. The molecular weight excluding hydrogens is 282 g/mol. The van der Waals surface area contributed by atoms with E-state index < -0.39 is 5.92 Å². The molecule has 0 radical (unpaired) electrons. The van der Waals surface area contributed by atoms with Crippen molar-refractivity contribution in [2.24, 2.45) is 0 Å². The van der Waals surface area contributed by atoms with Gasteiger partial charge in [0.15, 0.2) is 11.6 Å². The molecule has 112 valence electrons. The fourth-order valence-corrected chi connectivity index (χ4v) is 2.53. The maximum absolute atomic E-state index is 12.8. The molecule has 0 aliphatic carbocycles. The van der Waals surface area contributed by atoms with Crippen LogP contribution in [0.1, 0.15) is 35.3 Å². The number of rotatable bonds is 2. The van der Waals surface area contributed by atoms with Gasteiger partial charge < -0.3 is 10.1 Å². The lowest BCUT2D eigenvalue weighted by Crippen LogP contribution is -2.18. The van der Waals surface area contributed by atoms with Gasteiger partial charge in [0.25, 0.3) is 0 Å². The van der Waals surface area contributed by atoms with Gasteiger partial charge in [-0.25, -0.2) is 4.98 Å². The van der Waals surface area contributed by atoms with Gasteiger partial charge in [-0.3, -0.25) is 14.6 Å². The summed E-state index contributed by atoms with van der Waals surface area (Å²) in [5.41, 5.74) is 1.01. The fourth-order valence-electron chi connectivity index (χ4n) is 2.53. The van der Waals surface area contributed by atoms with Crippen LogP contribution in [0.3, 0.4) is 0 Å². The molecule has 2 aromatic rings. The molecule has 6 heteroatoms. The van der Waals surface area contributed by atoms with E-state index in [4.69, 9.17) is 4.74 Å². The number of nitrogens with one attached hydrogen (secondary N) is 1. The number of benzene rings is 1. The standard InChI is InChI=1S/C16H15N3O3/c1-10(20)19-16-14(17-7-8-18-16)12-6-9-22-13-5-3-2-4-11(13)15(12)21/h2-5,7-8,12H,6,9H2,1H3,(H,18,19,20). The van der Waals surface area contributed by atoms with Crippen LogP contribution in [0.15, 0.2) is 36.7 Å². The molecule has 1 atom stereocenters. The van der Waals surface area contributed by atoms with Crippen molar-refractivity contribution < 1.29 is 14.3 Å². The number of para-hydroxylation sites is 1. The highest BCUT2D eigenvalue weighted by atomic mass is 16.5. The highest BCUT2D eigenvalue weighted by molar-refractivity contribution is 6.04. The summed E-state index contributed by atoms with van der Waals surface area (Å²) in [7, 11) is 0. The average molecular weight is 297 g/mol. The Morgan fingerprint density at radius 2 is 2.05 bits per heavy atom. The van der Waals surface area contributed by atoms with Gasteiger partial charge in [-0.05, 0) is 18.6 Å².